The molecule has 0 unspecified atom stereocenters. The highest BCUT2D eigenvalue weighted by Crippen LogP contribution is 2.05. The Bertz CT molecular complexity index is 472. The van der Waals surface area contributed by atoms with Gasteiger partial charge in [0.1, 0.15) is 12.2 Å². The Morgan fingerprint density at radius 2 is 2.19 bits per heavy atom. The van der Waals surface area contributed by atoms with E-state index in [0.717, 1.165) is 5.69 Å². The number of pyridine rings is 1. The molecule has 0 bridgehead atoms. The zero-order chi connectivity index (χ0) is 12.1. The largest absolute Gasteiger partial charge is 0.458 e. The molecule has 1 N–H and O–H groups in total. The lowest BCUT2D eigenvalue weighted by Crippen LogP contribution is -2.22. The highest BCUT2D eigenvalue weighted by molar-refractivity contribution is 5.90. The van der Waals surface area contributed by atoms with Crippen LogP contribution in [0.25, 0.3) is 0 Å². The zero-order valence-electron chi connectivity index (χ0n) is 9.66. The number of aromatic nitrogens is 1. The molecule has 1 heterocycles. The number of ether oxygens (including phenoxy) is 1. The number of aryl methyl sites for hydroxylation is 2. The van der Waals surface area contributed by atoms with Crippen LogP contribution in [0.15, 0.2) is 23.0 Å². The first kappa shape index (κ1) is 12.2. The van der Waals surface area contributed by atoms with Crippen molar-refractivity contribution in [3.05, 3.63) is 45.4 Å². The van der Waals surface area contributed by atoms with Crippen LogP contribution in [0.4, 0.5) is 0 Å². The Kier molecular flexibility index (Phi) is 4.05. The van der Waals surface area contributed by atoms with Crippen molar-refractivity contribution in [1.82, 2.24) is 4.98 Å². The smallest absolute Gasteiger partial charge is 0.344 e. The van der Waals surface area contributed by atoms with Crippen LogP contribution in [-0.4, -0.2) is 17.6 Å². The van der Waals surface area contributed by atoms with Gasteiger partial charge >= 0.3 is 5.97 Å². The molecule has 0 fully saturated rings. The number of aromatic amines is 1. The molecule has 0 saturated carbocycles. The Morgan fingerprint density at radius 3 is 2.75 bits per heavy atom. The van der Waals surface area contributed by atoms with Crippen LogP contribution in [0.2, 0.25) is 0 Å². The molecule has 16 heavy (non-hydrogen) atoms. The number of rotatable bonds is 3. The first-order chi connectivity index (χ1) is 7.56. The van der Waals surface area contributed by atoms with Crippen molar-refractivity contribution in [3.8, 4) is 0 Å². The van der Waals surface area contributed by atoms with Crippen molar-refractivity contribution >= 4 is 5.97 Å². The van der Waals surface area contributed by atoms with E-state index < -0.39 is 11.5 Å². The lowest BCUT2D eigenvalue weighted by Gasteiger charge is -2.05. The van der Waals surface area contributed by atoms with E-state index in [1.165, 1.54) is 0 Å². The van der Waals surface area contributed by atoms with Gasteiger partial charge in [-0.3, -0.25) is 4.79 Å². The Labute approximate surface area is 94.0 Å². The van der Waals surface area contributed by atoms with Gasteiger partial charge in [0.05, 0.1) is 0 Å². The minimum Gasteiger partial charge on any atom is -0.458 e. The highest BCUT2D eigenvalue weighted by Gasteiger charge is 2.14. The van der Waals surface area contributed by atoms with Crippen LogP contribution >= 0.6 is 0 Å². The summed E-state index contributed by atoms with van der Waals surface area (Å²) in [5.74, 6) is -0.586. The van der Waals surface area contributed by atoms with E-state index in [2.05, 4.69) is 4.98 Å². The lowest BCUT2D eigenvalue weighted by molar-refractivity contribution is 0.0546. The molecule has 0 saturated heterocycles. The predicted octanol–water partition coefficient (Wildman–Crippen LogP) is 1.72. The summed E-state index contributed by atoms with van der Waals surface area (Å²) in [6, 6.07) is 1.74. The van der Waals surface area contributed by atoms with Crippen LogP contribution in [0.1, 0.15) is 28.5 Å². The van der Waals surface area contributed by atoms with Gasteiger partial charge in [0.15, 0.2) is 0 Å². The number of carbonyl (C=O) groups is 1. The van der Waals surface area contributed by atoms with Gasteiger partial charge in [0, 0.05) is 5.69 Å². The molecule has 0 aliphatic heterocycles. The predicted molar refractivity (Wildman–Crippen MR) is 61.6 cm³/mol. The molecule has 0 aliphatic carbocycles. The topological polar surface area (TPSA) is 59.2 Å². The van der Waals surface area contributed by atoms with E-state index in [4.69, 9.17) is 4.74 Å². The molecule has 4 nitrogen and oxygen atoms in total. The van der Waals surface area contributed by atoms with Crippen molar-refractivity contribution in [2.75, 3.05) is 6.61 Å². The maximum Gasteiger partial charge on any atom is 0.344 e. The van der Waals surface area contributed by atoms with E-state index in [0.29, 0.717) is 5.56 Å². The molecule has 86 valence electrons. The van der Waals surface area contributed by atoms with Crippen LogP contribution in [0.3, 0.4) is 0 Å². The van der Waals surface area contributed by atoms with Crippen LogP contribution in [-0.2, 0) is 4.74 Å². The second-order valence-electron chi connectivity index (χ2n) is 3.51. The van der Waals surface area contributed by atoms with E-state index in [1.807, 2.05) is 6.92 Å². The fraction of sp³-hybridized carbons (Fsp3) is 0.333. The molecule has 1 aromatic rings. The molecular weight excluding hydrogens is 206 g/mol. The summed E-state index contributed by atoms with van der Waals surface area (Å²) in [4.78, 5) is 25.7. The monoisotopic (exact) mass is 221 g/mol. The molecule has 0 atom stereocenters. The molecule has 1 aromatic heterocycles. The summed E-state index contributed by atoms with van der Waals surface area (Å²) in [5.41, 5.74) is 1.04. The van der Waals surface area contributed by atoms with Gasteiger partial charge in [0.2, 0.25) is 0 Å². The SMILES string of the molecule is CC=CCOC(=O)c1c(C)cc(C)[nH]c1=O. The average molecular weight is 221 g/mol. The second kappa shape index (κ2) is 5.30. The third-order valence-electron chi connectivity index (χ3n) is 2.12. The molecular formula is C12H15NO3. The first-order valence-electron chi connectivity index (χ1n) is 5.05. The van der Waals surface area contributed by atoms with Crippen LogP contribution in [0, 0.1) is 13.8 Å². The summed E-state index contributed by atoms with van der Waals surface area (Å²) in [6.07, 6.45) is 3.48. The number of H-pyrrole nitrogens is 1. The van der Waals surface area contributed by atoms with Crippen molar-refractivity contribution < 1.29 is 9.53 Å². The Hall–Kier alpha value is -1.84. The van der Waals surface area contributed by atoms with E-state index in [-0.39, 0.29) is 12.2 Å². The standard InChI is InChI=1S/C12H15NO3/c1-4-5-6-16-12(15)10-8(2)7-9(3)13-11(10)14/h4-5,7H,6H2,1-3H3,(H,13,14). The average Bonchev–Trinajstić information content (AvgIpc) is 2.16. The summed E-state index contributed by atoms with van der Waals surface area (Å²) in [7, 11) is 0. The summed E-state index contributed by atoms with van der Waals surface area (Å²) < 4.78 is 4.92. The highest BCUT2D eigenvalue weighted by atomic mass is 16.5. The van der Waals surface area contributed by atoms with Crippen LogP contribution < -0.4 is 5.56 Å². The molecule has 0 aliphatic rings. The van der Waals surface area contributed by atoms with Crippen molar-refractivity contribution in [2.45, 2.75) is 20.8 Å². The van der Waals surface area contributed by atoms with Gasteiger partial charge in [0.25, 0.3) is 5.56 Å². The third-order valence-corrected chi connectivity index (χ3v) is 2.12. The third kappa shape index (κ3) is 2.82. The van der Waals surface area contributed by atoms with Gasteiger partial charge in [-0.05, 0) is 32.4 Å². The van der Waals surface area contributed by atoms with Gasteiger partial charge in [-0.1, -0.05) is 12.2 Å². The number of hydrogen-bond acceptors (Lipinski definition) is 3. The van der Waals surface area contributed by atoms with E-state index in [1.54, 1.807) is 32.1 Å². The Morgan fingerprint density at radius 1 is 1.50 bits per heavy atom. The molecule has 4 heteroatoms. The maximum absolute atomic E-state index is 11.6. The number of allylic oxidation sites excluding steroid dienone is 1. The van der Waals surface area contributed by atoms with Gasteiger partial charge < -0.3 is 9.72 Å². The second-order valence-corrected chi connectivity index (χ2v) is 3.51. The Balaban J connectivity index is 2.96. The minimum absolute atomic E-state index is 0.0788. The van der Waals surface area contributed by atoms with Crippen LogP contribution in [0.5, 0.6) is 0 Å². The maximum atomic E-state index is 11.6. The summed E-state index contributed by atoms with van der Waals surface area (Å²) >= 11 is 0. The minimum atomic E-state index is -0.586. The van der Waals surface area contributed by atoms with Crippen molar-refractivity contribution in [2.24, 2.45) is 0 Å². The zero-order valence-corrected chi connectivity index (χ0v) is 9.66. The fourth-order valence-electron chi connectivity index (χ4n) is 1.40. The molecule has 0 spiro atoms. The molecule has 0 radical (unpaired) electrons. The number of hydrogen-bond donors (Lipinski definition) is 1. The molecule has 0 aromatic carbocycles. The van der Waals surface area contributed by atoms with E-state index in [9.17, 15) is 9.59 Å². The summed E-state index contributed by atoms with van der Waals surface area (Å²) in [6.45, 7) is 5.50. The normalized spacial score (nSPS) is 10.7. The summed E-state index contributed by atoms with van der Waals surface area (Å²) in [5, 5.41) is 0. The molecule has 0 amide bonds. The van der Waals surface area contributed by atoms with Gasteiger partial charge in [-0.25, -0.2) is 4.79 Å². The fourth-order valence-corrected chi connectivity index (χ4v) is 1.40. The number of nitrogens with one attached hydrogen (secondary N) is 1. The van der Waals surface area contributed by atoms with Gasteiger partial charge in [-0.2, -0.15) is 0 Å². The molecule has 1 rings (SSSR count). The lowest BCUT2D eigenvalue weighted by atomic mass is 10.1. The van der Waals surface area contributed by atoms with Crippen molar-refractivity contribution in [3.63, 3.8) is 0 Å². The quantitative estimate of drug-likeness (QED) is 0.624. The van der Waals surface area contributed by atoms with E-state index >= 15 is 0 Å². The number of esters is 1. The number of carbonyl (C=O) groups excluding carboxylic acids is 1. The first-order valence-corrected chi connectivity index (χ1v) is 5.05. The van der Waals surface area contributed by atoms with Gasteiger partial charge in [-0.15, -0.1) is 0 Å². The van der Waals surface area contributed by atoms with Crippen molar-refractivity contribution in [1.29, 1.82) is 0 Å².